The molecule has 0 saturated heterocycles. The highest BCUT2D eigenvalue weighted by Crippen LogP contribution is 2.30. The van der Waals surface area contributed by atoms with Gasteiger partial charge in [-0.25, -0.2) is 9.67 Å². The lowest BCUT2D eigenvalue weighted by atomic mass is 10.0. The minimum absolute atomic E-state index is 0.0779. The maximum Gasteiger partial charge on any atom is 0.246 e. The second-order valence-corrected chi connectivity index (χ2v) is 8.58. The van der Waals surface area contributed by atoms with E-state index in [0.29, 0.717) is 10.9 Å². The van der Waals surface area contributed by atoms with Gasteiger partial charge in [-0.2, -0.15) is 0 Å². The summed E-state index contributed by atoms with van der Waals surface area (Å²) in [6.45, 7) is 0.0779. The Labute approximate surface area is 206 Å². The molecular weight excluding hydrogens is 458 g/mol. The summed E-state index contributed by atoms with van der Waals surface area (Å²) in [5, 5.41) is 20.5. The standard InChI is InChI=1S/C26H21N7OS/c34-23(27-21-14-8-3-9-15-21)17-33-16-22(29-32-33)18-35-26-28-24(19-10-4-1-5-11-19)25(30-31-26)20-12-6-2-7-13-20/h1-16H,17-18H2,(H,27,34). The van der Waals surface area contributed by atoms with E-state index in [9.17, 15) is 4.79 Å². The fraction of sp³-hybridized carbons (Fsp3) is 0.0769. The number of thioether (sulfide) groups is 1. The second-order valence-electron chi connectivity index (χ2n) is 7.63. The normalized spacial score (nSPS) is 10.7. The zero-order valence-corrected chi connectivity index (χ0v) is 19.5. The number of carbonyl (C=O) groups is 1. The van der Waals surface area contributed by atoms with Crippen LogP contribution in [0.15, 0.2) is 102 Å². The van der Waals surface area contributed by atoms with E-state index in [0.717, 1.165) is 33.9 Å². The molecule has 8 nitrogen and oxygen atoms in total. The van der Waals surface area contributed by atoms with Crippen LogP contribution in [0.25, 0.3) is 22.5 Å². The Morgan fingerprint density at radius 2 is 1.40 bits per heavy atom. The predicted molar refractivity (Wildman–Crippen MR) is 135 cm³/mol. The van der Waals surface area contributed by atoms with Crippen LogP contribution in [-0.4, -0.2) is 36.1 Å². The van der Waals surface area contributed by atoms with Crippen LogP contribution in [0, 0.1) is 0 Å². The molecule has 2 heterocycles. The summed E-state index contributed by atoms with van der Waals surface area (Å²) in [4.78, 5) is 17.1. The lowest BCUT2D eigenvalue weighted by Crippen LogP contribution is -2.19. The smallest absolute Gasteiger partial charge is 0.246 e. The summed E-state index contributed by atoms with van der Waals surface area (Å²) in [6.07, 6.45) is 1.75. The van der Waals surface area contributed by atoms with Gasteiger partial charge >= 0.3 is 0 Å². The van der Waals surface area contributed by atoms with E-state index in [-0.39, 0.29) is 12.5 Å². The van der Waals surface area contributed by atoms with Crippen LogP contribution in [0.3, 0.4) is 0 Å². The number of amides is 1. The van der Waals surface area contributed by atoms with Crippen molar-refractivity contribution in [2.75, 3.05) is 5.32 Å². The first-order chi connectivity index (χ1) is 17.2. The molecule has 9 heteroatoms. The van der Waals surface area contributed by atoms with Gasteiger partial charge in [-0.1, -0.05) is 95.8 Å². The summed E-state index contributed by atoms with van der Waals surface area (Å²) in [5.74, 6) is 0.331. The third-order valence-electron chi connectivity index (χ3n) is 5.06. The van der Waals surface area contributed by atoms with Gasteiger partial charge in [0, 0.05) is 28.8 Å². The molecule has 0 saturated carbocycles. The van der Waals surface area contributed by atoms with Crippen molar-refractivity contribution < 1.29 is 4.79 Å². The Hall–Kier alpha value is -4.37. The second kappa shape index (κ2) is 10.7. The molecule has 0 unspecified atom stereocenters. The maximum atomic E-state index is 12.3. The highest BCUT2D eigenvalue weighted by atomic mass is 32.2. The number of nitrogens with zero attached hydrogens (tertiary/aromatic N) is 6. The van der Waals surface area contributed by atoms with Crippen LogP contribution in [0.2, 0.25) is 0 Å². The first kappa shape index (κ1) is 22.4. The molecule has 5 aromatic rings. The molecule has 0 radical (unpaired) electrons. The highest BCUT2D eigenvalue weighted by molar-refractivity contribution is 7.98. The number of hydrogen-bond acceptors (Lipinski definition) is 7. The Balaban J connectivity index is 1.28. The topological polar surface area (TPSA) is 98.5 Å². The largest absolute Gasteiger partial charge is 0.324 e. The van der Waals surface area contributed by atoms with Crippen molar-refractivity contribution in [3.63, 3.8) is 0 Å². The van der Waals surface area contributed by atoms with Crippen molar-refractivity contribution in [3.05, 3.63) is 103 Å². The van der Waals surface area contributed by atoms with Gasteiger partial charge in [-0.15, -0.1) is 15.3 Å². The number of anilines is 1. The van der Waals surface area contributed by atoms with E-state index in [1.807, 2.05) is 91.0 Å². The van der Waals surface area contributed by atoms with Crippen molar-refractivity contribution >= 4 is 23.4 Å². The van der Waals surface area contributed by atoms with E-state index in [1.54, 1.807) is 6.20 Å². The molecule has 0 spiro atoms. The molecule has 172 valence electrons. The molecular formula is C26H21N7OS. The quantitative estimate of drug-likeness (QED) is 0.321. The van der Waals surface area contributed by atoms with E-state index in [2.05, 4.69) is 25.8 Å². The molecule has 0 aliphatic rings. The summed E-state index contributed by atoms with van der Waals surface area (Å²) in [7, 11) is 0. The van der Waals surface area contributed by atoms with Gasteiger partial charge in [-0.05, 0) is 12.1 Å². The van der Waals surface area contributed by atoms with Crippen molar-refractivity contribution in [2.45, 2.75) is 17.5 Å². The average molecular weight is 480 g/mol. The lowest BCUT2D eigenvalue weighted by Gasteiger charge is -2.09. The highest BCUT2D eigenvalue weighted by Gasteiger charge is 2.14. The summed E-state index contributed by atoms with van der Waals surface area (Å²) in [6, 6.07) is 29.2. The van der Waals surface area contributed by atoms with E-state index >= 15 is 0 Å². The molecule has 0 aliphatic carbocycles. The fourth-order valence-corrected chi connectivity index (χ4v) is 4.11. The van der Waals surface area contributed by atoms with Gasteiger partial charge in [0.25, 0.3) is 0 Å². The number of para-hydroxylation sites is 1. The number of rotatable bonds is 8. The van der Waals surface area contributed by atoms with Crippen LogP contribution in [0.4, 0.5) is 5.69 Å². The molecule has 1 amide bonds. The van der Waals surface area contributed by atoms with Gasteiger partial charge in [0.05, 0.1) is 5.69 Å². The van der Waals surface area contributed by atoms with Crippen molar-refractivity contribution in [1.29, 1.82) is 0 Å². The zero-order chi connectivity index (χ0) is 23.9. The monoisotopic (exact) mass is 479 g/mol. The van der Waals surface area contributed by atoms with Crippen molar-refractivity contribution in [1.82, 2.24) is 30.2 Å². The summed E-state index contributed by atoms with van der Waals surface area (Å²) < 4.78 is 1.52. The van der Waals surface area contributed by atoms with E-state index < -0.39 is 0 Å². The lowest BCUT2D eigenvalue weighted by molar-refractivity contribution is -0.116. The number of hydrogen-bond donors (Lipinski definition) is 1. The van der Waals surface area contributed by atoms with Gasteiger partial charge in [-0.3, -0.25) is 4.79 Å². The van der Waals surface area contributed by atoms with Crippen molar-refractivity contribution in [2.24, 2.45) is 0 Å². The first-order valence-corrected chi connectivity index (χ1v) is 12.0. The van der Waals surface area contributed by atoms with Crippen LogP contribution < -0.4 is 5.32 Å². The molecule has 0 aliphatic heterocycles. The Morgan fingerprint density at radius 1 is 0.771 bits per heavy atom. The molecule has 3 aromatic carbocycles. The molecule has 2 aromatic heterocycles. The Kier molecular flexibility index (Phi) is 6.86. The third-order valence-corrected chi connectivity index (χ3v) is 5.93. The first-order valence-electron chi connectivity index (χ1n) is 11.0. The minimum Gasteiger partial charge on any atom is -0.324 e. The van der Waals surface area contributed by atoms with Crippen LogP contribution >= 0.6 is 11.8 Å². The van der Waals surface area contributed by atoms with E-state index in [1.165, 1.54) is 16.4 Å². The van der Waals surface area contributed by atoms with Gasteiger partial charge < -0.3 is 5.32 Å². The van der Waals surface area contributed by atoms with Gasteiger partial charge in [0.2, 0.25) is 11.1 Å². The zero-order valence-electron chi connectivity index (χ0n) is 18.7. The van der Waals surface area contributed by atoms with Crippen LogP contribution in [0.1, 0.15) is 5.69 Å². The van der Waals surface area contributed by atoms with Crippen molar-refractivity contribution in [3.8, 4) is 22.5 Å². The number of aromatic nitrogens is 6. The minimum atomic E-state index is -0.170. The maximum absolute atomic E-state index is 12.3. The molecule has 0 atom stereocenters. The Bertz CT molecular complexity index is 1410. The van der Waals surface area contributed by atoms with Gasteiger partial charge in [0.1, 0.15) is 17.9 Å². The molecule has 0 bridgehead atoms. The van der Waals surface area contributed by atoms with Crippen LogP contribution in [0.5, 0.6) is 0 Å². The Morgan fingerprint density at radius 3 is 2.09 bits per heavy atom. The summed E-state index contributed by atoms with van der Waals surface area (Å²) in [5.41, 5.74) is 4.90. The van der Waals surface area contributed by atoms with Crippen LogP contribution in [-0.2, 0) is 17.1 Å². The molecule has 0 fully saturated rings. The summed E-state index contributed by atoms with van der Waals surface area (Å²) >= 11 is 1.42. The fourth-order valence-electron chi connectivity index (χ4n) is 3.45. The molecule has 5 rings (SSSR count). The van der Waals surface area contributed by atoms with E-state index in [4.69, 9.17) is 4.98 Å². The molecule has 1 N–H and O–H groups in total. The predicted octanol–water partition coefficient (Wildman–Crippen LogP) is 4.73. The molecule has 35 heavy (non-hydrogen) atoms. The number of benzene rings is 3. The SMILES string of the molecule is O=C(Cn1cc(CSc2nnc(-c3ccccc3)c(-c3ccccc3)n2)nn1)Nc1ccccc1. The number of nitrogens with one attached hydrogen (secondary N) is 1. The third kappa shape index (κ3) is 5.77. The average Bonchev–Trinajstić information content (AvgIpc) is 3.36. The number of carbonyl (C=O) groups excluding carboxylic acids is 1. The van der Waals surface area contributed by atoms with Gasteiger partial charge in [0.15, 0.2) is 0 Å².